The molecule has 1 N–H and O–H groups in total. The summed E-state index contributed by atoms with van der Waals surface area (Å²) < 4.78 is 1.96. The first-order valence-electron chi connectivity index (χ1n) is 5.89. The highest BCUT2D eigenvalue weighted by molar-refractivity contribution is 14.1. The number of nitrogens with one attached hydrogen (secondary N) is 1. The molecule has 0 aliphatic carbocycles. The van der Waals surface area contributed by atoms with E-state index in [9.17, 15) is 4.79 Å². The predicted octanol–water partition coefficient (Wildman–Crippen LogP) is 4.54. The van der Waals surface area contributed by atoms with E-state index in [2.05, 4.69) is 43.8 Å². The molecule has 0 heterocycles. The number of halogens is 2. The smallest absolute Gasteiger partial charge is 0.252 e. The van der Waals surface area contributed by atoms with Crippen LogP contribution in [0, 0.1) is 3.57 Å². The summed E-state index contributed by atoms with van der Waals surface area (Å²) in [5.41, 5.74) is 1.78. The fourth-order valence-electron chi connectivity index (χ4n) is 1.82. The molecule has 1 amide bonds. The van der Waals surface area contributed by atoms with Gasteiger partial charge in [-0.05, 0) is 53.3 Å². The lowest BCUT2D eigenvalue weighted by Gasteiger charge is -2.16. The van der Waals surface area contributed by atoms with Gasteiger partial charge in [0.15, 0.2) is 0 Å². The van der Waals surface area contributed by atoms with Crippen molar-refractivity contribution < 1.29 is 4.79 Å². The topological polar surface area (TPSA) is 29.1 Å². The van der Waals surface area contributed by atoms with Crippen LogP contribution in [0.2, 0.25) is 0 Å². The molecule has 98 valence electrons. The van der Waals surface area contributed by atoms with Crippen molar-refractivity contribution in [3.63, 3.8) is 0 Å². The van der Waals surface area contributed by atoms with Crippen molar-refractivity contribution in [2.45, 2.75) is 13.0 Å². The van der Waals surface area contributed by atoms with Crippen LogP contribution in [-0.2, 0) is 0 Å². The van der Waals surface area contributed by atoms with E-state index in [1.807, 2.05) is 55.5 Å². The zero-order chi connectivity index (χ0) is 13.8. The SMILES string of the molecule is C[C@H](NC(=O)c1ccccc1I)c1ccccc1Br. The summed E-state index contributed by atoms with van der Waals surface area (Å²) >= 11 is 5.68. The van der Waals surface area contributed by atoms with Gasteiger partial charge in [-0.2, -0.15) is 0 Å². The van der Waals surface area contributed by atoms with Gasteiger partial charge in [0.1, 0.15) is 0 Å². The molecule has 19 heavy (non-hydrogen) atoms. The molecule has 2 aromatic rings. The molecule has 0 fully saturated rings. The lowest BCUT2D eigenvalue weighted by molar-refractivity contribution is 0.0939. The second-order valence-electron chi connectivity index (χ2n) is 4.20. The van der Waals surface area contributed by atoms with Crippen molar-refractivity contribution in [1.29, 1.82) is 0 Å². The van der Waals surface area contributed by atoms with E-state index >= 15 is 0 Å². The lowest BCUT2D eigenvalue weighted by atomic mass is 10.1. The Kier molecular flexibility index (Phi) is 4.99. The Morgan fingerprint density at radius 3 is 2.47 bits per heavy atom. The minimum absolute atomic E-state index is 0.0425. The molecule has 0 saturated heterocycles. The number of hydrogen-bond acceptors (Lipinski definition) is 1. The molecule has 0 aromatic heterocycles. The van der Waals surface area contributed by atoms with Gasteiger partial charge in [-0.15, -0.1) is 0 Å². The molecule has 0 saturated carbocycles. The van der Waals surface area contributed by atoms with Crippen LogP contribution in [0.15, 0.2) is 53.0 Å². The molecule has 1 atom stereocenters. The molecule has 0 bridgehead atoms. The maximum Gasteiger partial charge on any atom is 0.252 e. The molecule has 0 aliphatic rings. The molecule has 4 heteroatoms. The molecule has 0 spiro atoms. The number of rotatable bonds is 3. The molecule has 2 nitrogen and oxygen atoms in total. The number of carbonyl (C=O) groups excluding carboxylic acids is 1. The summed E-state index contributed by atoms with van der Waals surface area (Å²) in [6, 6.07) is 15.4. The van der Waals surface area contributed by atoms with Crippen LogP contribution in [0.4, 0.5) is 0 Å². The van der Waals surface area contributed by atoms with Crippen molar-refractivity contribution in [2.75, 3.05) is 0 Å². The van der Waals surface area contributed by atoms with E-state index in [0.717, 1.165) is 13.6 Å². The average molecular weight is 430 g/mol. The molecule has 2 rings (SSSR count). The fraction of sp³-hybridized carbons (Fsp3) is 0.133. The Balaban J connectivity index is 2.16. The Morgan fingerprint density at radius 2 is 1.79 bits per heavy atom. The first-order chi connectivity index (χ1) is 9.09. The summed E-state index contributed by atoms with van der Waals surface area (Å²) in [6.45, 7) is 1.98. The maximum absolute atomic E-state index is 12.2. The Labute approximate surface area is 134 Å². The van der Waals surface area contributed by atoms with Crippen LogP contribution in [0.1, 0.15) is 28.9 Å². The van der Waals surface area contributed by atoms with E-state index < -0.39 is 0 Å². The van der Waals surface area contributed by atoms with E-state index in [4.69, 9.17) is 0 Å². The Hall–Kier alpha value is -0.880. The number of carbonyl (C=O) groups is 1. The summed E-state index contributed by atoms with van der Waals surface area (Å²) in [4.78, 5) is 12.2. The number of hydrogen-bond donors (Lipinski definition) is 1. The van der Waals surface area contributed by atoms with Crippen molar-refractivity contribution in [2.24, 2.45) is 0 Å². The van der Waals surface area contributed by atoms with Gasteiger partial charge in [-0.25, -0.2) is 0 Å². The minimum atomic E-state index is -0.0479. The van der Waals surface area contributed by atoms with Crippen molar-refractivity contribution >= 4 is 44.4 Å². The standard InChI is InChI=1S/C15H13BrINO/c1-10(11-6-2-4-8-13(11)16)18-15(19)12-7-3-5-9-14(12)17/h2-10H,1H3,(H,18,19)/t10-/m0/s1. The summed E-state index contributed by atoms with van der Waals surface area (Å²) in [6.07, 6.45) is 0. The fourth-order valence-corrected chi connectivity index (χ4v) is 3.08. The molecular formula is C15H13BrINO. The first kappa shape index (κ1) is 14.5. The highest BCUT2D eigenvalue weighted by Gasteiger charge is 2.14. The second-order valence-corrected chi connectivity index (χ2v) is 6.21. The van der Waals surface area contributed by atoms with Gasteiger partial charge in [0.25, 0.3) is 5.91 Å². The average Bonchev–Trinajstić information content (AvgIpc) is 2.39. The third-order valence-corrected chi connectivity index (χ3v) is 4.50. The van der Waals surface area contributed by atoms with E-state index in [1.54, 1.807) is 0 Å². The number of amides is 1. The van der Waals surface area contributed by atoms with Crippen LogP contribution >= 0.6 is 38.5 Å². The highest BCUT2D eigenvalue weighted by Crippen LogP contribution is 2.23. The minimum Gasteiger partial charge on any atom is -0.345 e. The van der Waals surface area contributed by atoms with Gasteiger partial charge in [0.2, 0.25) is 0 Å². The van der Waals surface area contributed by atoms with Gasteiger partial charge < -0.3 is 5.32 Å². The first-order valence-corrected chi connectivity index (χ1v) is 7.76. The van der Waals surface area contributed by atoms with Crippen LogP contribution in [-0.4, -0.2) is 5.91 Å². The predicted molar refractivity (Wildman–Crippen MR) is 89.2 cm³/mol. The zero-order valence-corrected chi connectivity index (χ0v) is 14.1. The largest absolute Gasteiger partial charge is 0.345 e. The Bertz CT molecular complexity index is 600. The third-order valence-electron chi connectivity index (χ3n) is 2.84. The van der Waals surface area contributed by atoms with Crippen LogP contribution in [0.5, 0.6) is 0 Å². The number of benzene rings is 2. The van der Waals surface area contributed by atoms with Crippen LogP contribution < -0.4 is 5.32 Å². The molecule has 0 unspecified atom stereocenters. The maximum atomic E-state index is 12.2. The van der Waals surface area contributed by atoms with Gasteiger partial charge in [0.05, 0.1) is 11.6 Å². The van der Waals surface area contributed by atoms with Crippen LogP contribution in [0.3, 0.4) is 0 Å². The quantitative estimate of drug-likeness (QED) is 0.712. The van der Waals surface area contributed by atoms with E-state index in [1.165, 1.54) is 0 Å². The van der Waals surface area contributed by atoms with E-state index in [-0.39, 0.29) is 11.9 Å². The summed E-state index contributed by atoms with van der Waals surface area (Å²) in [7, 11) is 0. The molecule has 0 radical (unpaired) electrons. The normalized spacial score (nSPS) is 11.9. The van der Waals surface area contributed by atoms with Gasteiger partial charge >= 0.3 is 0 Å². The van der Waals surface area contributed by atoms with E-state index in [0.29, 0.717) is 5.56 Å². The molecule has 2 aromatic carbocycles. The highest BCUT2D eigenvalue weighted by atomic mass is 127. The zero-order valence-electron chi connectivity index (χ0n) is 10.4. The molecular weight excluding hydrogens is 417 g/mol. The van der Waals surface area contributed by atoms with Gasteiger partial charge in [0, 0.05) is 8.04 Å². The van der Waals surface area contributed by atoms with Crippen molar-refractivity contribution in [1.82, 2.24) is 5.32 Å². The monoisotopic (exact) mass is 429 g/mol. The summed E-state index contributed by atoms with van der Waals surface area (Å²) in [5.74, 6) is -0.0479. The third kappa shape index (κ3) is 3.57. The lowest BCUT2D eigenvalue weighted by Crippen LogP contribution is -2.27. The van der Waals surface area contributed by atoms with Gasteiger partial charge in [-0.1, -0.05) is 46.3 Å². The van der Waals surface area contributed by atoms with Crippen molar-refractivity contribution in [3.8, 4) is 0 Å². The molecule has 0 aliphatic heterocycles. The second kappa shape index (κ2) is 6.52. The Morgan fingerprint density at radius 1 is 1.16 bits per heavy atom. The summed E-state index contributed by atoms with van der Waals surface area (Å²) in [5, 5.41) is 3.02. The van der Waals surface area contributed by atoms with Crippen molar-refractivity contribution in [3.05, 3.63) is 67.7 Å². The van der Waals surface area contributed by atoms with Gasteiger partial charge in [-0.3, -0.25) is 4.79 Å². The van der Waals surface area contributed by atoms with Crippen LogP contribution in [0.25, 0.3) is 0 Å².